The normalized spacial score (nSPS) is 12.1. The molecule has 2 heterocycles. The molecule has 0 aliphatic carbocycles. The van der Waals surface area contributed by atoms with Crippen molar-refractivity contribution in [2.75, 3.05) is 23.8 Å². The van der Waals surface area contributed by atoms with E-state index in [2.05, 4.69) is 45.9 Å². The van der Waals surface area contributed by atoms with Gasteiger partial charge in [-0.3, -0.25) is 16.3 Å². The minimum atomic E-state index is 0.193. The zero-order valence-corrected chi connectivity index (χ0v) is 21.0. The third-order valence-electron chi connectivity index (χ3n) is 5.08. The molecule has 2 unspecified atom stereocenters. The lowest BCUT2D eigenvalue weighted by molar-refractivity contribution is 0.327. The van der Waals surface area contributed by atoms with Crippen LogP contribution < -0.4 is 26.6 Å². The maximum absolute atomic E-state index is 9.60. The van der Waals surface area contributed by atoms with E-state index in [4.69, 9.17) is 10.6 Å². The lowest BCUT2D eigenvalue weighted by atomic mass is 10.0. The van der Waals surface area contributed by atoms with Crippen LogP contribution in [0.3, 0.4) is 0 Å². The van der Waals surface area contributed by atoms with Gasteiger partial charge < -0.3 is 15.4 Å². The van der Waals surface area contributed by atoms with E-state index in [-0.39, 0.29) is 12.1 Å². The summed E-state index contributed by atoms with van der Waals surface area (Å²) >= 11 is 0. The van der Waals surface area contributed by atoms with Crippen LogP contribution in [0, 0.1) is 18.3 Å². The molecule has 0 saturated carbocycles. The molecule has 0 bridgehead atoms. The highest BCUT2D eigenvalue weighted by atomic mass is 16.5. The van der Waals surface area contributed by atoms with E-state index >= 15 is 0 Å². The minimum Gasteiger partial charge on any atom is -0.490 e. The summed E-state index contributed by atoms with van der Waals surface area (Å²) in [5, 5.41) is 16.4. The van der Waals surface area contributed by atoms with Crippen molar-refractivity contribution in [1.29, 1.82) is 5.26 Å². The van der Waals surface area contributed by atoms with E-state index in [1.807, 2.05) is 45.9 Å². The number of rotatable bonds is 13. The number of hydrazine groups is 1. The van der Waals surface area contributed by atoms with Crippen LogP contribution in [0.25, 0.3) is 0 Å². The molecule has 182 valence electrons. The van der Waals surface area contributed by atoms with Crippen LogP contribution in [-0.2, 0) is 6.42 Å². The SMILES string of the molecule is CC.CCCC(CC(C)NN)Nc1cc(C)c(C#N)c(NCCOc2cccnc2CC)n1. The highest BCUT2D eigenvalue weighted by Gasteiger charge is 2.15. The summed E-state index contributed by atoms with van der Waals surface area (Å²) in [5.74, 6) is 7.68. The Hall–Kier alpha value is -2.89. The Morgan fingerprint density at radius 2 is 2.03 bits per heavy atom. The van der Waals surface area contributed by atoms with Crippen LogP contribution in [0.15, 0.2) is 24.4 Å². The number of aromatic nitrogens is 2. The van der Waals surface area contributed by atoms with E-state index in [9.17, 15) is 5.26 Å². The predicted octanol–water partition coefficient (Wildman–Crippen LogP) is 4.56. The van der Waals surface area contributed by atoms with Crippen molar-refractivity contribution in [2.24, 2.45) is 5.84 Å². The molecule has 2 atom stereocenters. The second kappa shape index (κ2) is 15.8. The molecule has 0 aliphatic heterocycles. The number of nitrogens with zero attached hydrogens (tertiary/aromatic N) is 3. The highest BCUT2D eigenvalue weighted by molar-refractivity contribution is 5.61. The van der Waals surface area contributed by atoms with Gasteiger partial charge in [0, 0.05) is 18.3 Å². The Bertz CT molecular complexity index is 866. The standard InChI is InChI=1S/C23H35N7O.C2H6/c1-5-8-18(14-17(4)30-25)28-22-13-16(3)19(15-24)23(29-22)27-11-12-31-21-9-7-10-26-20(21)6-2;1-2/h7,9-10,13,17-18,30H,5-6,8,11-12,14,25H2,1-4H3,(H2,27,28,29);1-2H3. The summed E-state index contributed by atoms with van der Waals surface area (Å²) in [5.41, 5.74) is 5.16. The fourth-order valence-electron chi connectivity index (χ4n) is 3.47. The van der Waals surface area contributed by atoms with Crippen LogP contribution in [0.1, 0.15) is 70.7 Å². The van der Waals surface area contributed by atoms with Crippen molar-refractivity contribution in [3.05, 3.63) is 41.2 Å². The molecule has 0 saturated heterocycles. The molecule has 2 aromatic rings. The van der Waals surface area contributed by atoms with Gasteiger partial charge in [0.05, 0.1) is 17.8 Å². The van der Waals surface area contributed by atoms with E-state index in [0.717, 1.165) is 48.5 Å². The summed E-state index contributed by atoms with van der Waals surface area (Å²) in [6.07, 6.45) is 5.53. The van der Waals surface area contributed by atoms with Gasteiger partial charge in [-0.05, 0) is 56.9 Å². The fraction of sp³-hybridized carbons (Fsp3) is 0.560. The quantitative estimate of drug-likeness (QED) is 0.197. The van der Waals surface area contributed by atoms with Crippen molar-refractivity contribution in [3.63, 3.8) is 0 Å². The Labute approximate surface area is 199 Å². The molecular weight excluding hydrogens is 414 g/mol. The van der Waals surface area contributed by atoms with Crippen molar-refractivity contribution >= 4 is 11.6 Å². The van der Waals surface area contributed by atoms with Gasteiger partial charge >= 0.3 is 0 Å². The van der Waals surface area contributed by atoms with Crippen molar-refractivity contribution in [3.8, 4) is 11.8 Å². The number of nitrogens with one attached hydrogen (secondary N) is 3. The number of nitrogens with two attached hydrogens (primary N) is 1. The lowest BCUT2D eigenvalue weighted by Crippen LogP contribution is -2.37. The number of anilines is 2. The molecule has 8 nitrogen and oxygen atoms in total. The molecule has 0 spiro atoms. The smallest absolute Gasteiger partial charge is 0.146 e. The third-order valence-corrected chi connectivity index (χ3v) is 5.08. The number of nitriles is 1. The van der Waals surface area contributed by atoms with Gasteiger partial charge in [-0.15, -0.1) is 0 Å². The molecular formula is C25H41N7O. The average molecular weight is 456 g/mol. The minimum absolute atomic E-state index is 0.193. The molecule has 5 N–H and O–H groups in total. The molecule has 0 aliphatic rings. The molecule has 2 rings (SSSR count). The first-order valence-electron chi connectivity index (χ1n) is 12.0. The van der Waals surface area contributed by atoms with Crippen molar-refractivity contribution in [1.82, 2.24) is 15.4 Å². The number of pyridine rings is 2. The topological polar surface area (TPSA) is 121 Å². The van der Waals surface area contributed by atoms with Crippen LogP contribution >= 0.6 is 0 Å². The van der Waals surface area contributed by atoms with Gasteiger partial charge in [0.15, 0.2) is 0 Å². The second-order valence-corrected chi connectivity index (χ2v) is 7.67. The number of hydrogen-bond donors (Lipinski definition) is 4. The highest BCUT2D eigenvalue weighted by Crippen LogP contribution is 2.22. The summed E-state index contributed by atoms with van der Waals surface area (Å²) in [6, 6.07) is 8.40. The van der Waals surface area contributed by atoms with E-state index in [0.29, 0.717) is 24.5 Å². The molecule has 0 aromatic carbocycles. The Morgan fingerprint density at radius 3 is 2.67 bits per heavy atom. The number of aryl methyl sites for hydroxylation is 2. The summed E-state index contributed by atoms with van der Waals surface area (Å²) in [7, 11) is 0. The lowest BCUT2D eigenvalue weighted by Gasteiger charge is -2.23. The van der Waals surface area contributed by atoms with Crippen LogP contribution in [0.4, 0.5) is 11.6 Å². The van der Waals surface area contributed by atoms with Crippen molar-refractivity contribution in [2.45, 2.75) is 79.3 Å². The van der Waals surface area contributed by atoms with Crippen molar-refractivity contribution < 1.29 is 4.74 Å². The molecule has 0 amide bonds. The van der Waals surface area contributed by atoms with Crippen LogP contribution in [0.2, 0.25) is 0 Å². The third kappa shape index (κ3) is 9.24. The van der Waals surface area contributed by atoms with Gasteiger partial charge in [-0.25, -0.2) is 4.98 Å². The van der Waals surface area contributed by atoms with Gasteiger partial charge in [-0.1, -0.05) is 34.1 Å². The van der Waals surface area contributed by atoms with Gasteiger partial charge in [0.1, 0.15) is 30.1 Å². The molecule has 0 radical (unpaired) electrons. The Kier molecular flexibility index (Phi) is 13.5. The maximum Gasteiger partial charge on any atom is 0.146 e. The van der Waals surface area contributed by atoms with Crippen LogP contribution in [0.5, 0.6) is 5.75 Å². The number of ether oxygens (including phenoxy) is 1. The maximum atomic E-state index is 9.60. The number of hydrogen-bond acceptors (Lipinski definition) is 8. The molecule has 8 heteroatoms. The largest absolute Gasteiger partial charge is 0.490 e. The summed E-state index contributed by atoms with van der Waals surface area (Å²) < 4.78 is 5.87. The first kappa shape index (κ1) is 28.1. The average Bonchev–Trinajstić information content (AvgIpc) is 2.83. The zero-order chi connectivity index (χ0) is 24.6. The van der Waals surface area contributed by atoms with Crippen LogP contribution in [-0.4, -0.2) is 35.2 Å². The van der Waals surface area contributed by atoms with E-state index in [1.54, 1.807) is 6.20 Å². The summed E-state index contributed by atoms with van der Waals surface area (Å²) in [6.45, 7) is 13.2. The van der Waals surface area contributed by atoms with E-state index in [1.165, 1.54) is 0 Å². The molecule has 33 heavy (non-hydrogen) atoms. The monoisotopic (exact) mass is 455 g/mol. The molecule has 2 aromatic heterocycles. The molecule has 0 fully saturated rings. The zero-order valence-electron chi connectivity index (χ0n) is 21.0. The Balaban J connectivity index is 0.00000265. The first-order valence-corrected chi connectivity index (χ1v) is 12.0. The van der Waals surface area contributed by atoms with Gasteiger partial charge in [0.2, 0.25) is 0 Å². The fourth-order valence-corrected chi connectivity index (χ4v) is 3.47. The predicted molar refractivity (Wildman–Crippen MR) is 136 cm³/mol. The second-order valence-electron chi connectivity index (χ2n) is 7.67. The summed E-state index contributed by atoms with van der Waals surface area (Å²) in [4.78, 5) is 9.01. The van der Waals surface area contributed by atoms with E-state index < -0.39 is 0 Å². The first-order chi connectivity index (χ1) is 16.0. The van der Waals surface area contributed by atoms with Gasteiger partial charge in [0.25, 0.3) is 0 Å². The van der Waals surface area contributed by atoms with Gasteiger partial charge in [-0.2, -0.15) is 5.26 Å². The Morgan fingerprint density at radius 1 is 1.27 bits per heavy atom.